The molecule has 0 saturated heterocycles. The Morgan fingerprint density at radius 1 is 1.35 bits per heavy atom. The standard InChI is InChI=1S/C14H18N2S/c1-3-12-7-9-17-14(12)10-16-11(2)13-6-4-5-8-15-13/h4-9,11,16H,3,10H2,1-2H3. The highest BCUT2D eigenvalue weighted by molar-refractivity contribution is 7.10. The van der Waals surface area contributed by atoms with E-state index in [9.17, 15) is 0 Å². The zero-order valence-corrected chi connectivity index (χ0v) is 11.1. The van der Waals surface area contributed by atoms with Gasteiger partial charge in [0, 0.05) is 23.7 Å². The number of aryl methyl sites for hydroxylation is 1. The summed E-state index contributed by atoms with van der Waals surface area (Å²) in [7, 11) is 0. The van der Waals surface area contributed by atoms with E-state index < -0.39 is 0 Å². The normalized spacial score (nSPS) is 12.6. The number of hydrogen-bond donors (Lipinski definition) is 1. The third-order valence-electron chi connectivity index (χ3n) is 2.92. The topological polar surface area (TPSA) is 24.9 Å². The van der Waals surface area contributed by atoms with E-state index >= 15 is 0 Å². The van der Waals surface area contributed by atoms with Gasteiger partial charge in [-0.2, -0.15) is 0 Å². The molecule has 0 fully saturated rings. The molecule has 0 aromatic carbocycles. The lowest BCUT2D eigenvalue weighted by atomic mass is 10.2. The van der Waals surface area contributed by atoms with Crippen molar-refractivity contribution in [3.8, 4) is 0 Å². The van der Waals surface area contributed by atoms with E-state index in [1.807, 2.05) is 29.7 Å². The fraction of sp³-hybridized carbons (Fsp3) is 0.357. The molecule has 2 aromatic heterocycles. The Hall–Kier alpha value is -1.19. The summed E-state index contributed by atoms with van der Waals surface area (Å²) in [6.45, 7) is 5.29. The van der Waals surface area contributed by atoms with Crippen LogP contribution in [0.3, 0.4) is 0 Å². The van der Waals surface area contributed by atoms with Crippen molar-refractivity contribution < 1.29 is 0 Å². The fourth-order valence-corrected chi connectivity index (χ4v) is 2.75. The molecule has 0 radical (unpaired) electrons. The molecule has 2 nitrogen and oxygen atoms in total. The van der Waals surface area contributed by atoms with E-state index in [1.54, 1.807) is 0 Å². The Balaban J connectivity index is 1.95. The molecule has 0 bridgehead atoms. The van der Waals surface area contributed by atoms with Crippen molar-refractivity contribution in [2.24, 2.45) is 0 Å². The molecular weight excluding hydrogens is 228 g/mol. The Morgan fingerprint density at radius 3 is 2.94 bits per heavy atom. The average Bonchev–Trinajstić information content (AvgIpc) is 2.84. The van der Waals surface area contributed by atoms with E-state index in [1.165, 1.54) is 10.4 Å². The number of pyridine rings is 1. The van der Waals surface area contributed by atoms with E-state index in [4.69, 9.17) is 0 Å². The maximum atomic E-state index is 4.36. The van der Waals surface area contributed by atoms with Crippen molar-refractivity contribution in [2.45, 2.75) is 32.9 Å². The van der Waals surface area contributed by atoms with E-state index in [2.05, 4.69) is 41.7 Å². The van der Waals surface area contributed by atoms with Gasteiger partial charge in [-0.15, -0.1) is 11.3 Å². The van der Waals surface area contributed by atoms with Crippen LogP contribution < -0.4 is 5.32 Å². The second kappa shape index (κ2) is 5.94. The summed E-state index contributed by atoms with van der Waals surface area (Å²) in [4.78, 5) is 5.80. The quantitative estimate of drug-likeness (QED) is 0.872. The van der Waals surface area contributed by atoms with Crippen molar-refractivity contribution in [3.63, 3.8) is 0 Å². The lowest BCUT2D eigenvalue weighted by Gasteiger charge is -2.13. The summed E-state index contributed by atoms with van der Waals surface area (Å²) in [5, 5.41) is 5.69. The summed E-state index contributed by atoms with van der Waals surface area (Å²) in [6.07, 6.45) is 2.95. The average molecular weight is 246 g/mol. The highest BCUT2D eigenvalue weighted by Gasteiger charge is 2.07. The third-order valence-corrected chi connectivity index (χ3v) is 3.88. The van der Waals surface area contributed by atoms with Gasteiger partial charge < -0.3 is 5.32 Å². The smallest absolute Gasteiger partial charge is 0.0570 e. The molecule has 0 aliphatic rings. The van der Waals surface area contributed by atoms with Gasteiger partial charge in [-0.25, -0.2) is 0 Å². The first kappa shape index (κ1) is 12.3. The number of hydrogen-bond acceptors (Lipinski definition) is 3. The minimum absolute atomic E-state index is 0.294. The highest BCUT2D eigenvalue weighted by atomic mass is 32.1. The number of rotatable bonds is 5. The molecule has 0 aliphatic heterocycles. The van der Waals surface area contributed by atoms with Crippen LogP contribution in [-0.2, 0) is 13.0 Å². The summed E-state index contributed by atoms with van der Waals surface area (Å²) >= 11 is 1.83. The minimum Gasteiger partial charge on any atom is -0.304 e. The zero-order valence-electron chi connectivity index (χ0n) is 10.3. The number of nitrogens with zero attached hydrogens (tertiary/aromatic N) is 1. The minimum atomic E-state index is 0.294. The van der Waals surface area contributed by atoms with E-state index in [0.717, 1.165) is 18.7 Å². The summed E-state index contributed by atoms with van der Waals surface area (Å²) in [5.74, 6) is 0. The third kappa shape index (κ3) is 3.14. The summed E-state index contributed by atoms with van der Waals surface area (Å²) in [6, 6.07) is 8.55. The van der Waals surface area contributed by atoms with Crippen LogP contribution in [0.1, 0.15) is 36.0 Å². The Kier molecular flexibility index (Phi) is 4.29. The van der Waals surface area contributed by atoms with Crippen LogP contribution in [0.25, 0.3) is 0 Å². The van der Waals surface area contributed by atoms with Crippen molar-refractivity contribution in [1.82, 2.24) is 10.3 Å². The Bertz CT molecular complexity index is 450. The van der Waals surface area contributed by atoms with Crippen LogP contribution in [0.5, 0.6) is 0 Å². The zero-order chi connectivity index (χ0) is 12.1. The monoisotopic (exact) mass is 246 g/mol. The van der Waals surface area contributed by atoms with Crippen LogP contribution in [0.4, 0.5) is 0 Å². The van der Waals surface area contributed by atoms with Gasteiger partial charge >= 0.3 is 0 Å². The molecule has 0 aliphatic carbocycles. The Morgan fingerprint density at radius 2 is 2.24 bits per heavy atom. The molecule has 17 heavy (non-hydrogen) atoms. The van der Waals surface area contributed by atoms with E-state index in [0.29, 0.717) is 6.04 Å². The molecular formula is C14H18N2S. The van der Waals surface area contributed by atoms with E-state index in [-0.39, 0.29) is 0 Å². The van der Waals surface area contributed by atoms with Crippen LogP contribution in [0, 0.1) is 0 Å². The van der Waals surface area contributed by atoms with Crippen molar-refractivity contribution in [1.29, 1.82) is 0 Å². The lowest BCUT2D eigenvalue weighted by Crippen LogP contribution is -2.18. The molecule has 90 valence electrons. The van der Waals surface area contributed by atoms with Gasteiger partial charge in [-0.05, 0) is 42.5 Å². The van der Waals surface area contributed by atoms with Gasteiger partial charge in [0.25, 0.3) is 0 Å². The number of aromatic nitrogens is 1. The summed E-state index contributed by atoms with van der Waals surface area (Å²) in [5.41, 5.74) is 2.55. The maximum absolute atomic E-state index is 4.36. The molecule has 1 N–H and O–H groups in total. The van der Waals surface area contributed by atoms with Crippen molar-refractivity contribution in [2.75, 3.05) is 0 Å². The summed E-state index contributed by atoms with van der Waals surface area (Å²) < 4.78 is 0. The predicted molar refractivity (Wildman–Crippen MR) is 73.2 cm³/mol. The second-order valence-corrected chi connectivity index (χ2v) is 5.08. The maximum Gasteiger partial charge on any atom is 0.0570 e. The lowest BCUT2D eigenvalue weighted by molar-refractivity contribution is 0.564. The SMILES string of the molecule is CCc1ccsc1CNC(C)c1ccccn1. The number of nitrogens with one attached hydrogen (secondary N) is 1. The van der Waals surface area contributed by atoms with Crippen LogP contribution in [-0.4, -0.2) is 4.98 Å². The largest absolute Gasteiger partial charge is 0.304 e. The van der Waals surface area contributed by atoms with Gasteiger partial charge in [0.15, 0.2) is 0 Å². The van der Waals surface area contributed by atoms with Crippen molar-refractivity contribution in [3.05, 3.63) is 52.0 Å². The van der Waals surface area contributed by atoms with Gasteiger partial charge in [-0.3, -0.25) is 4.98 Å². The molecule has 2 heterocycles. The van der Waals surface area contributed by atoms with Gasteiger partial charge in [-0.1, -0.05) is 13.0 Å². The fourth-order valence-electron chi connectivity index (χ4n) is 1.82. The van der Waals surface area contributed by atoms with Crippen molar-refractivity contribution >= 4 is 11.3 Å². The molecule has 3 heteroatoms. The van der Waals surface area contributed by atoms with Crippen LogP contribution in [0.15, 0.2) is 35.8 Å². The molecule has 2 rings (SSSR count). The first-order valence-corrected chi connectivity index (χ1v) is 6.88. The van der Waals surface area contributed by atoms with Gasteiger partial charge in [0.1, 0.15) is 0 Å². The first-order chi connectivity index (χ1) is 8.31. The van der Waals surface area contributed by atoms with Crippen LogP contribution >= 0.6 is 11.3 Å². The van der Waals surface area contributed by atoms with Gasteiger partial charge in [0.2, 0.25) is 0 Å². The highest BCUT2D eigenvalue weighted by Crippen LogP contribution is 2.18. The Labute approximate surface area is 107 Å². The first-order valence-electron chi connectivity index (χ1n) is 6.00. The predicted octanol–water partition coefficient (Wildman–Crippen LogP) is 3.56. The second-order valence-electron chi connectivity index (χ2n) is 4.08. The van der Waals surface area contributed by atoms with Gasteiger partial charge in [0.05, 0.1) is 5.69 Å². The number of thiophene rings is 1. The molecule has 2 aromatic rings. The molecule has 1 atom stereocenters. The molecule has 0 saturated carbocycles. The molecule has 1 unspecified atom stereocenters. The molecule has 0 spiro atoms. The van der Waals surface area contributed by atoms with Crippen LogP contribution in [0.2, 0.25) is 0 Å². The molecule has 0 amide bonds.